The summed E-state index contributed by atoms with van der Waals surface area (Å²) in [4.78, 5) is 8.46. The molecular weight excluding hydrogens is 288 g/mol. The van der Waals surface area contributed by atoms with Gasteiger partial charge in [0.15, 0.2) is 0 Å². The van der Waals surface area contributed by atoms with E-state index in [2.05, 4.69) is 16.0 Å². The number of nitrogens with two attached hydrogens (primary N) is 1. The Labute approximate surface area is 128 Å². The molecule has 0 bridgehead atoms. The Morgan fingerprint density at radius 3 is 2.71 bits per heavy atom. The van der Waals surface area contributed by atoms with Crippen molar-refractivity contribution in [2.45, 2.75) is 13.0 Å². The molecule has 0 fully saturated rings. The van der Waals surface area contributed by atoms with Crippen molar-refractivity contribution in [3.63, 3.8) is 0 Å². The van der Waals surface area contributed by atoms with E-state index in [0.29, 0.717) is 0 Å². The Morgan fingerprint density at radius 1 is 1.29 bits per heavy atom. The summed E-state index contributed by atoms with van der Waals surface area (Å²) < 4.78 is 2.01. The zero-order chi connectivity index (χ0) is 14.3. The molecule has 1 unspecified atom stereocenters. The minimum atomic E-state index is -0.190. The molecule has 0 saturated carbocycles. The van der Waals surface area contributed by atoms with Gasteiger partial charge >= 0.3 is 0 Å². The Hall–Kier alpha value is -2.11. The first-order valence-electron chi connectivity index (χ1n) is 6.43. The number of aromatic nitrogens is 3. The van der Waals surface area contributed by atoms with E-state index in [1.54, 1.807) is 12.3 Å². The quantitative estimate of drug-likeness (QED) is 0.763. The number of nitrogens with zero attached hydrogens (tertiary/aromatic N) is 3. The largest absolute Gasteiger partial charge is 0.493 e. The molecule has 0 aromatic carbocycles. The summed E-state index contributed by atoms with van der Waals surface area (Å²) in [7, 11) is 1.98. The zero-order valence-electron chi connectivity index (χ0n) is 11.8. The van der Waals surface area contributed by atoms with Gasteiger partial charge in [0.2, 0.25) is 5.88 Å². The molecule has 3 heterocycles. The van der Waals surface area contributed by atoms with Crippen LogP contribution in [0.4, 0.5) is 0 Å². The van der Waals surface area contributed by atoms with E-state index in [1.807, 2.05) is 36.9 Å². The van der Waals surface area contributed by atoms with Crippen LogP contribution in [0.25, 0.3) is 22.2 Å². The van der Waals surface area contributed by atoms with Gasteiger partial charge in [-0.2, -0.15) is 0 Å². The summed E-state index contributed by atoms with van der Waals surface area (Å²) in [6, 6.07) is 7.30. The summed E-state index contributed by atoms with van der Waals surface area (Å²) >= 11 is 0. The standard InChI is InChI=1S/C15H16N4O.ClH/c1-9(16)15-11(10-3-5-17-14(20)7-10)8-13-12(18-15)4-6-19(13)2;/h3-9H,16H2,1-2H3,(H,17,20);1H. The Balaban J connectivity index is 0.00000161. The van der Waals surface area contributed by atoms with Crippen molar-refractivity contribution < 1.29 is 5.11 Å². The van der Waals surface area contributed by atoms with Gasteiger partial charge in [0.25, 0.3) is 0 Å². The average molecular weight is 305 g/mol. The maximum absolute atomic E-state index is 9.56. The normalized spacial score (nSPS) is 12.1. The number of hydrogen-bond donors (Lipinski definition) is 2. The van der Waals surface area contributed by atoms with Crippen molar-refractivity contribution in [1.82, 2.24) is 14.5 Å². The van der Waals surface area contributed by atoms with E-state index in [0.717, 1.165) is 27.9 Å². The lowest BCUT2D eigenvalue weighted by Crippen LogP contribution is -2.09. The Morgan fingerprint density at radius 2 is 2.05 bits per heavy atom. The molecule has 0 radical (unpaired) electrons. The third-order valence-corrected chi connectivity index (χ3v) is 3.38. The van der Waals surface area contributed by atoms with E-state index < -0.39 is 0 Å². The molecule has 5 nitrogen and oxygen atoms in total. The average Bonchev–Trinajstić information content (AvgIpc) is 2.78. The SMILES string of the molecule is CC(N)c1nc2ccn(C)c2cc1-c1ccnc(O)c1.Cl. The highest BCUT2D eigenvalue weighted by Crippen LogP contribution is 2.30. The van der Waals surface area contributed by atoms with E-state index in [1.165, 1.54) is 0 Å². The molecule has 0 spiro atoms. The van der Waals surface area contributed by atoms with Gasteiger partial charge in [-0.25, -0.2) is 9.97 Å². The van der Waals surface area contributed by atoms with E-state index in [-0.39, 0.29) is 24.3 Å². The summed E-state index contributed by atoms with van der Waals surface area (Å²) in [5.74, 6) is -0.00916. The number of pyridine rings is 2. The molecule has 3 N–H and O–H groups in total. The van der Waals surface area contributed by atoms with Crippen molar-refractivity contribution in [1.29, 1.82) is 0 Å². The minimum Gasteiger partial charge on any atom is -0.493 e. The summed E-state index contributed by atoms with van der Waals surface area (Å²) in [5, 5.41) is 9.56. The predicted molar refractivity (Wildman–Crippen MR) is 85.5 cm³/mol. The second-order valence-corrected chi connectivity index (χ2v) is 4.94. The molecule has 0 aliphatic carbocycles. The van der Waals surface area contributed by atoms with Crippen molar-refractivity contribution in [3.05, 3.63) is 42.4 Å². The van der Waals surface area contributed by atoms with Crippen molar-refractivity contribution in [3.8, 4) is 17.0 Å². The van der Waals surface area contributed by atoms with Crippen LogP contribution in [0.3, 0.4) is 0 Å². The maximum Gasteiger partial charge on any atom is 0.211 e. The van der Waals surface area contributed by atoms with Crippen LogP contribution in [0.5, 0.6) is 5.88 Å². The molecule has 0 aliphatic rings. The molecule has 21 heavy (non-hydrogen) atoms. The first kappa shape index (κ1) is 15.3. The first-order valence-corrected chi connectivity index (χ1v) is 6.43. The number of aromatic hydroxyl groups is 1. The van der Waals surface area contributed by atoms with Gasteiger partial charge in [0, 0.05) is 37.1 Å². The van der Waals surface area contributed by atoms with Gasteiger partial charge in [0.1, 0.15) is 0 Å². The lowest BCUT2D eigenvalue weighted by atomic mass is 10.0. The molecule has 0 saturated heterocycles. The second kappa shape index (κ2) is 5.71. The topological polar surface area (TPSA) is 77.0 Å². The van der Waals surface area contributed by atoms with Crippen LogP contribution >= 0.6 is 12.4 Å². The van der Waals surface area contributed by atoms with Crippen molar-refractivity contribution in [2.24, 2.45) is 12.8 Å². The van der Waals surface area contributed by atoms with Crippen LogP contribution in [0.1, 0.15) is 18.7 Å². The zero-order valence-corrected chi connectivity index (χ0v) is 12.6. The van der Waals surface area contributed by atoms with Gasteiger partial charge in [-0.05, 0) is 30.7 Å². The summed E-state index contributed by atoms with van der Waals surface area (Å²) in [5.41, 5.74) is 10.6. The van der Waals surface area contributed by atoms with Gasteiger partial charge in [-0.1, -0.05) is 0 Å². The smallest absolute Gasteiger partial charge is 0.211 e. The molecule has 3 aromatic rings. The third-order valence-electron chi connectivity index (χ3n) is 3.38. The second-order valence-electron chi connectivity index (χ2n) is 4.94. The van der Waals surface area contributed by atoms with Gasteiger partial charge in [-0.15, -0.1) is 12.4 Å². The fraction of sp³-hybridized carbons (Fsp3) is 0.200. The third kappa shape index (κ3) is 2.70. The number of aryl methyl sites for hydroxylation is 1. The predicted octanol–water partition coefficient (Wildman–Crippen LogP) is 2.78. The van der Waals surface area contributed by atoms with Crippen LogP contribution in [-0.4, -0.2) is 19.6 Å². The molecule has 6 heteroatoms. The Kier molecular flexibility index (Phi) is 4.16. The maximum atomic E-state index is 9.56. The monoisotopic (exact) mass is 304 g/mol. The van der Waals surface area contributed by atoms with E-state index >= 15 is 0 Å². The minimum absolute atomic E-state index is 0. The number of rotatable bonds is 2. The van der Waals surface area contributed by atoms with Gasteiger partial charge in [-0.3, -0.25) is 0 Å². The molecule has 0 aliphatic heterocycles. The van der Waals surface area contributed by atoms with Gasteiger partial charge < -0.3 is 15.4 Å². The molecule has 0 amide bonds. The fourth-order valence-corrected chi connectivity index (χ4v) is 2.36. The number of halogens is 1. The fourth-order valence-electron chi connectivity index (χ4n) is 2.36. The lowest BCUT2D eigenvalue weighted by Gasteiger charge is -2.13. The van der Waals surface area contributed by atoms with Crippen molar-refractivity contribution >= 4 is 23.4 Å². The van der Waals surface area contributed by atoms with E-state index in [9.17, 15) is 5.11 Å². The van der Waals surface area contributed by atoms with Crippen LogP contribution < -0.4 is 5.73 Å². The summed E-state index contributed by atoms with van der Waals surface area (Å²) in [6.07, 6.45) is 3.54. The highest BCUT2D eigenvalue weighted by molar-refractivity contribution is 5.85. The van der Waals surface area contributed by atoms with Crippen molar-refractivity contribution in [2.75, 3.05) is 0 Å². The first-order chi connectivity index (χ1) is 9.56. The van der Waals surface area contributed by atoms with Gasteiger partial charge in [0.05, 0.1) is 16.7 Å². The molecule has 110 valence electrons. The lowest BCUT2D eigenvalue weighted by molar-refractivity contribution is 0.454. The summed E-state index contributed by atoms with van der Waals surface area (Å²) in [6.45, 7) is 1.90. The highest BCUT2D eigenvalue weighted by Gasteiger charge is 2.14. The molecule has 3 rings (SSSR count). The van der Waals surface area contributed by atoms with Crippen LogP contribution in [0.15, 0.2) is 36.7 Å². The molecule has 3 aromatic heterocycles. The number of fused-ring (bicyclic) bond motifs is 1. The van der Waals surface area contributed by atoms with Crippen LogP contribution in [0.2, 0.25) is 0 Å². The van der Waals surface area contributed by atoms with Crippen LogP contribution in [-0.2, 0) is 7.05 Å². The molecule has 1 atom stereocenters. The molecular formula is C15H17ClN4O. The highest BCUT2D eigenvalue weighted by atomic mass is 35.5. The number of hydrogen-bond acceptors (Lipinski definition) is 4. The van der Waals surface area contributed by atoms with Crippen LogP contribution in [0, 0.1) is 0 Å². The van der Waals surface area contributed by atoms with E-state index in [4.69, 9.17) is 5.73 Å². The Bertz CT molecular complexity index is 782.